The number of nitriles is 3. The van der Waals surface area contributed by atoms with Crippen LogP contribution in [0.15, 0.2) is 35.9 Å². The number of ether oxygens (including phenoxy) is 1. The summed E-state index contributed by atoms with van der Waals surface area (Å²) >= 11 is 0. The van der Waals surface area contributed by atoms with Crippen LogP contribution >= 0.6 is 0 Å². The first-order chi connectivity index (χ1) is 13.6. The fraction of sp³-hybridized carbons (Fsp3) is 0.455. The smallest absolute Gasteiger partial charge is 0.189 e. The maximum atomic E-state index is 10.1. The molecule has 1 saturated carbocycles. The first-order valence-corrected chi connectivity index (χ1v) is 9.44. The van der Waals surface area contributed by atoms with Crippen LogP contribution in [0.1, 0.15) is 24.8 Å². The quantitative estimate of drug-likeness (QED) is 0.815. The van der Waals surface area contributed by atoms with E-state index in [9.17, 15) is 15.8 Å². The molecule has 1 aliphatic heterocycles. The van der Waals surface area contributed by atoms with Crippen molar-refractivity contribution in [2.75, 3.05) is 26.7 Å². The van der Waals surface area contributed by atoms with E-state index in [0.717, 1.165) is 30.6 Å². The van der Waals surface area contributed by atoms with E-state index < -0.39 is 17.3 Å². The Bertz CT molecular complexity index is 915. The Morgan fingerprint density at radius 1 is 1.25 bits per heavy atom. The number of fused-ring (bicyclic) bond motifs is 1. The summed E-state index contributed by atoms with van der Waals surface area (Å²) in [5.74, 6) is -1.01. The topological polar surface area (TPSA) is 108 Å². The van der Waals surface area contributed by atoms with E-state index in [2.05, 4.69) is 30.0 Å². The summed E-state index contributed by atoms with van der Waals surface area (Å²) in [6.45, 7) is 4.38. The van der Waals surface area contributed by atoms with Gasteiger partial charge in [0, 0.05) is 30.5 Å². The minimum absolute atomic E-state index is 0.123. The zero-order valence-electron chi connectivity index (χ0n) is 16.1. The fourth-order valence-corrected chi connectivity index (χ4v) is 4.63. The van der Waals surface area contributed by atoms with Crippen LogP contribution in [0, 0.1) is 56.7 Å². The molecule has 28 heavy (non-hydrogen) atoms. The number of hydrogen-bond acceptors (Lipinski definition) is 6. The molecule has 1 fully saturated rings. The van der Waals surface area contributed by atoms with Crippen molar-refractivity contribution >= 4 is 5.71 Å². The molecule has 3 rings (SSSR count). The molecule has 1 heterocycles. The molecule has 142 valence electrons. The zero-order valence-corrected chi connectivity index (χ0v) is 16.1. The molecule has 1 aromatic carbocycles. The highest BCUT2D eigenvalue weighted by Gasteiger charge is 2.58. The number of nitrogens with one attached hydrogen (secondary N) is 1. The molecular formula is C22H23N5O. The van der Waals surface area contributed by atoms with Crippen molar-refractivity contribution in [3.63, 3.8) is 0 Å². The van der Waals surface area contributed by atoms with Crippen LogP contribution in [0.25, 0.3) is 0 Å². The van der Waals surface area contributed by atoms with Gasteiger partial charge in [-0.15, -0.1) is 0 Å². The largest absolute Gasteiger partial charge is 0.496 e. The van der Waals surface area contributed by atoms with Crippen LogP contribution in [0.4, 0.5) is 0 Å². The van der Waals surface area contributed by atoms with Gasteiger partial charge in [0.25, 0.3) is 0 Å². The summed E-state index contributed by atoms with van der Waals surface area (Å²) in [5.41, 5.74) is -0.227. The van der Waals surface area contributed by atoms with Gasteiger partial charge < -0.3 is 10.1 Å². The van der Waals surface area contributed by atoms with Crippen LogP contribution < -0.4 is 4.74 Å². The third-order valence-corrected chi connectivity index (χ3v) is 5.88. The molecule has 6 nitrogen and oxygen atoms in total. The molecule has 1 unspecified atom stereocenters. The van der Waals surface area contributed by atoms with E-state index in [0.29, 0.717) is 12.3 Å². The molecule has 3 atom stereocenters. The lowest BCUT2D eigenvalue weighted by molar-refractivity contribution is 0.202. The van der Waals surface area contributed by atoms with Crippen LogP contribution in [0.5, 0.6) is 5.75 Å². The second-order valence-corrected chi connectivity index (χ2v) is 7.30. The third-order valence-electron chi connectivity index (χ3n) is 5.88. The Kier molecular flexibility index (Phi) is 5.50. The molecule has 1 aliphatic carbocycles. The molecule has 6 heteroatoms. The van der Waals surface area contributed by atoms with Crippen LogP contribution in [0.2, 0.25) is 0 Å². The molecule has 0 amide bonds. The molecule has 0 spiro atoms. The summed E-state index contributed by atoms with van der Waals surface area (Å²) in [6.07, 6.45) is 3.02. The van der Waals surface area contributed by atoms with Crippen molar-refractivity contribution in [2.24, 2.45) is 17.3 Å². The maximum Gasteiger partial charge on any atom is 0.189 e. The van der Waals surface area contributed by atoms with E-state index in [1.165, 1.54) is 0 Å². The molecule has 1 N–H and O–H groups in total. The summed E-state index contributed by atoms with van der Waals surface area (Å²) < 4.78 is 5.54. The first-order valence-electron chi connectivity index (χ1n) is 9.44. The lowest BCUT2D eigenvalue weighted by Gasteiger charge is -2.48. The Morgan fingerprint density at radius 2 is 1.96 bits per heavy atom. The lowest BCUT2D eigenvalue weighted by atomic mass is 9.54. The number of methoxy groups -OCH3 is 1. The highest BCUT2D eigenvalue weighted by atomic mass is 16.5. The monoisotopic (exact) mass is 373 g/mol. The number of rotatable bonds is 4. The van der Waals surface area contributed by atoms with E-state index in [-0.39, 0.29) is 11.6 Å². The normalized spacial score (nSPS) is 26.2. The van der Waals surface area contributed by atoms with E-state index in [1.54, 1.807) is 7.11 Å². The first kappa shape index (κ1) is 19.6. The van der Waals surface area contributed by atoms with Gasteiger partial charge in [-0.1, -0.05) is 31.2 Å². The number of benzene rings is 1. The molecule has 0 aromatic heterocycles. The van der Waals surface area contributed by atoms with Gasteiger partial charge in [0.05, 0.1) is 31.0 Å². The van der Waals surface area contributed by atoms with Crippen LogP contribution in [0.3, 0.4) is 0 Å². The van der Waals surface area contributed by atoms with Crippen LogP contribution in [-0.2, 0) is 0 Å². The van der Waals surface area contributed by atoms with Crippen LogP contribution in [-0.4, -0.2) is 37.4 Å². The minimum Gasteiger partial charge on any atom is -0.496 e. The van der Waals surface area contributed by atoms with Crippen molar-refractivity contribution in [2.45, 2.75) is 19.3 Å². The Hall–Kier alpha value is -3.14. The van der Waals surface area contributed by atoms with E-state index in [1.807, 2.05) is 30.3 Å². The third kappa shape index (κ3) is 2.85. The van der Waals surface area contributed by atoms with Crippen molar-refractivity contribution in [1.82, 2.24) is 4.90 Å². The SMILES string of the molecule is CCCN1CC=C2C(C#N)C(=N)C(C#N)(C#N)[C@@H](c3ccccc3OC)[C@@H]2C1. The van der Waals surface area contributed by atoms with Gasteiger partial charge >= 0.3 is 0 Å². The number of nitrogens with zero attached hydrogens (tertiary/aromatic N) is 4. The van der Waals surface area contributed by atoms with Crippen molar-refractivity contribution in [3.05, 3.63) is 41.5 Å². The lowest BCUT2D eigenvalue weighted by Crippen LogP contribution is -2.53. The maximum absolute atomic E-state index is 10.1. The van der Waals surface area contributed by atoms with E-state index >= 15 is 0 Å². The number of para-hydroxylation sites is 1. The molecule has 0 bridgehead atoms. The summed E-state index contributed by atoms with van der Waals surface area (Å²) in [5, 5.41) is 38.6. The second kappa shape index (κ2) is 7.85. The molecule has 0 saturated heterocycles. The van der Waals surface area contributed by atoms with Gasteiger partial charge in [-0.2, -0.15) is 15.8 Å². The van der Waals surface area contributed by atoms with Gasteiger partial charge in [0.1, 0.15) is 11.7 Å². The van der Waals surface area contributed by atoms with Crippen molar-refractivity contribution in [1.29, 1.82) is 21.2 Å². The summed E-state index contributed by atoms with van der Waals surface area (Å²) in [6, 6.07) is 13.8. The van der Waals surface area contributed by atoms with Crippen molar-refractivity contribution < 1.29 is 4.74 Å². The van der Waals surface area contributed by atoms with Gasteiger partial charge in [-0.3, -0.25) is 4.90 Å². The van der Waals surface area contributed by atoms with Gasteiger partial charge in [-0.25, -0.2) is 0 Å². The predicted molar refractivity (Wildman–Crippen MR) is 105 cm³/mol. The summed E-state index contributed by atoms with van der Waals surface area (Å²) in [7, 11) is 1.56. The fourth-order valence-electron chi connectivity index (χ4n) is 4.63. The van der Waals surface area contributed by atoms with Gasteiger partial charge in [0.2, 0.25) is 0 Å². The van der Waals surface area contributed by atoms with Gasteiger partial charge in [-0.05, 0) is 24.6 Å². The predicted octanol–water partition coefficient (Wildman–Crippen LogP) is 3.25. The molecule has 1 aromatic rings. The van der Waals surface area contributed by atoms with Gasteiger partial charge in [0.15, 0.2) is 5.41 Å². The highest BCUT2D eigenvalue weighted by molar-refractivity contribution is 6.01. The standard InChI is InChI=1S/C22H23N5O/c1-3-9-27-10-8-15-17(11-23)21(26)22(13-24,14-25)20(18(15)12-27)16-6-4-5-7-19(16)28-2/h4-8,17-18,20,26H,3,9-10,12H2,1-2H3/t17?,18-,20+/m1/s1. The second-order valence-electron chi connectivity index (χ2n) is 7.30. The Morgan fingerprint density at radius 3 is 2.57 bits per heavy atom. The highest BCUT2D eigenvalue weighted by Crippen LogP contribution is 2.54. The Labute approximate surface area is 165 Å². The molecule has 0 radical (unpaired) electrons. The Balaban J connectivity index is 2.25. The minimum atomic E-state index is -1.70. The zero-order chi connectivity index (χ0) is 20.3. The number of hydrogen-bond donors (Lipinski definition) is 1. The summed E-state index contributed by atoms with van der Waals surface area (Å²) in [4.78, 5) is 2.28. The van der Waals surface area contributed by atoms with E-state index in [4.69, 9.17) is 10.1 Å². The van der Waals surface area contributed by atoms with Crippen molar-refractivity contribution in [3.8, 4) is 24.0 Å². The average molecular weight is 373 g/mol. The molecular weight excluding hydrogens is 350 g/mol. The average Bonchev–Trinajstić information content (AvgIpc) is 2.73. The molecule has 2 aliphatic rings.